The number of hydrogen-bond acceptors (Lipinski definition) is 4. The minimum absolute atomic E-state index is 0.610. The van der Waals surface area contributed by atoms with Gasteiger partial charge >= 0.3 is 0 Å². The molecule has 4 heteroatoms. The second kappa shape index (κ2) is 5.21. The normalized spacial score (nSPS) is 9.57. The van der Waals surface area contributed by atoms with Crippen molar-refractivity contribution in [1.29, 1.82) is 0 Å². The maximum Gasteiger partial charge on any atom is 0.221 e. The van der Waals surface area contributed by atoms with Gasteiger partial charge in [-0.25, -0.2) is 9.97 Å². The number of nitrogens with one attached hydrogen (secondary N) is 1. The average Bonchev–Trinajstić information content (AvgIpc) is 2.20. The molecule has 0 amide bonds. The van der Waals surface area contributed by atoms with E-state index in [0.29, 0.717) is 19.0 Å². The van der Waals surface area contributed by atoms with Gasteiger partial charge in [0.2, 0.25) is 5.88 Å². The molecule has 0 unspecified atom stereocenters. The molecule has 0 aromatic carbocycles. The molecule has 0 fully saturated rings. The summed E-state index contributed by atoms with van der Waals surface area (Å²) in [6, 6.07) is 0. The fraction of sp³-hybridized carbons (Fsp3) is 0.400. The summed E-state index contributed by atoms with van der Waals surface area (Å²) in [7, 11) is 0. The smallest absolute Gasteiger partial charge is 0.221 e. The zero-order valence-electron chi connectivity index (χ0n) is 8.58. The van der Waals surface area contributed by atoms with Crippen LogP contribution < -0.4 is 10.1 Å². The molecule has 0 aliphatic carbocycles. The highest BCUT2D eigenvalue weighted by molar-refractivity contribution is 5.47. The highest BCUT2D eigenvalue weighted by atomic mass is 16.5. The fourth-order valence-electron chi connectivity index (χ4n) is 1.06. The molecule has 0 bridgehead atoms. The Balaban J connectivity index is 2.83. The lowest BCUT2D eigenvalue weighted by Crippen LogP contribution is -2.05. The van der Waals surface area contributed by atoms with Crippen LogP contribution in [-0.2, 0) is 0 Å². The first-order chi connectivity index (χ1) is 6.79. The zero-order chi connectivity index (χ0) is 10.4. The number of anilines is 1. The van der Waals surface area contributed by atoms with Crippen LogP contribution in [0.5, 0.6) is 5.88 Å². The Bertz CT molecular complexity index is 312. The Morgan fingerprint density at radius 3 is 3.00 bits per heavy atom. The zero-order valence-corrected chi connectivity index (χ0v) is 8.58. The molecular formula is C10H15N3O. The van der Waals surface area contributed by atoms with Crippen molar-refractivity contribution in [3.05, 3.63) is 24.5 Å². The molecule has 1 aromatic heterocycles. The lowest BCUT2D eigenvalue weighted by molar-refractivity contribution is 0.324. The summed E-state index contributed by atoms with van der Waals surface area (Å²) < 4.78 is 5.34. The van der Waals surface area contributed by atoms with E-state index >= 15 is 0 Å². The van der Waals surface area contributed by atoms with E-state index in [9.17, 15) is 0 Å². The minimum atomic E-state index is 0.610. The third-order valence-electron chi connectivity index (χ3n) is 1.73. The van der Waals surface area contributed by atoms with Gasteiger partial charge in [-0.2, -0.15) is 0 Å². The largest absolute Gasteiger partial charge is 0.478 e. The van der Waals surface area contributed by atoms with Gasteiger partial charge in [0.25, 0.3) is 0 Å². The molecule has 0 aliphatic rings. The van der Waals surface area contributed by atoms with Crippen LogP contribution in [-0.4, -0.2) is 23.1 Å². The van der Waals surface area contributed by atoms with Gasteiger partial charge in [0.15, 0.2) is 0 Å². The average molecular weight is 193 g/mol. The van der Waals surface area contributed by atoms with Gasteiger partial charge in [-0.3, -0.25) is 0 Å². The number of rotatable bonds is 5. The van der Waals surface area contributed by atoms with Gasteiger partial charge in [0.05, 0.1) is 12.2 Å². The first kappa shape index (κ1) is 10.5. The molecule has 4 nitrogen and oxygen atoms in total. The molecule has 14 heavy (non-hydrogen) atoms. The number of nitrogens with zero attached hydrogens (tertiary/aromatic N) is 2. The second-order valence-electron chi connectivity index (χ2n) is 2.76. The van der Waals surface area contributed by atoms with E-state index in [1.807, 2.05) is 13.8 Å². The van der Waals surface area contributed by atoms with E-state index in [0.717, 1.165) is 11.4 Å². The maximum absolute atomic E-state index is 5.34. The molecule has 0 radical (unpaired) electrons. The number of hydrogen-bond donors (Lipinski definition) is 1. The third-order valence-corrected chi connectivity index (χ3v) is 1.73. The van der Waals surface area contributed by atoms with Gasteiger partial charge < -0.3 is 10.1 Å². The van der Waals surface area contributed by atoms with Gasteiger partial charge in [-0.05, 0) is 13.8 Å². The molecule has 0 atom stereocenters. The van der Waals surface area contributed by atoms with Crippen molar-refractivity contribution in [2.45, 2.75) is 13.8 Å². The summed E-state index contributed by atoms with van der Waals surface area (Å²) in [6.45, 7) is 8.78. The first-order valence-corrected chi connectivity index (χ1v) is 4.58. The van der Waals surface area contributed by atoms with E-state index in [1.165, 1.54) is 6.33 Å². The molecule has 1 rings (SSSR count). The van der Waals surface area contributed by atoms with Crippen LogP contribution in [0.3, 0.4) is 0 Å². The van der Waals surface area contributed by atoms with Crippen LogP contribution in [0, 0.1) is 6.92 Å². The van der Waals surface area contributed by atoms with Crippen molar-refractivity contribution in [2.24, 2.45) is 0 Å². The highest BCUT2D eigenvalue weighted by Gasteiger charge is 2.05. The second-order valence-corrected chi connectivity index (χ2v) is 2.76. The lowest BCUT2D eigenvalue weighted by Gasteiger charge is -2.09. The van der Waals surface area contributed by atoms with Crippen LogP contribution >= 0.6 is 0 Å². The van der Waals surface area contributed by atoms with Crippen molar-refractivity contribution in [2.75, 3.05) is 18.5 Å². The summed E-state index contributed by atoms with van der Waals surface area (Å²) >= 11 is 0. The summed E-state index contributed by atoms with van der Waals surface area (Å²) in [5, 5.41) is 3.11. The van der Waals surface area contributed by atoms with E-state index < -0.39 is 0 Å². The standard InChI is InChI=1S/C10H15N3O/c1-4-6-11-9-8(3)10(14-5-2)13-7-12-9/h4,7H,1,5-6H2,2-3H3,(H,11,12,13). The SMILES string of the molecule is C=CCNc1ncnc(OCC)c1C. The van der Waals surface area contributed by atoms with Crippen molar-refractivity contribution >= 4 is 5.82 Å². The summed E-state index contributed by atoms with van der Waals surface area (Å²) in [5.74, 6) is 1.43. The molecule has 0 saturated heterocycles. The van der Waals surface area contributed by atoms with Crippen LogP contribution in [0.2, 0.25) is 0 Å². The monoisotopic (exact) mass is 193 g/mol. The molecule has 1 heterocycles. The van der Waals surface area contributed by atoms with Crippen LogP contribution in [0.1, 0.15) is 12.5 Å². The Morgan fingerprint density at radius 2 is 2.36 bits per heavy atom. The predicted molar refractivity (Wildman–Crippen MR) is 56.6 cm³/mol. The van der Waals surface area contributed by atoms with Gasteiger partial charge in [0, 0.05) is 6.54 Å². The molecule has 1 aromatic rings. The topological polar surface area (TPSA) is 47.0 Å². The Kier molecular flexibility index (Phi) is 3.91. The molecule has 0 spiro atoms. The number of aromatic nitrogens is 2. The van der Waals surface area contributed by atoms with E-state index in [-0.39, 0.29) is 0 Å². The van der Waals surface area contributed by atoms with Crippen molar-refractivity contribution < 1.29 is 4.74 Å². The molecule has 0 saturated carbocycles. The summed E-state index contributed by atoms with van der Waals surface area (Å²) in [5.41, 5.74) is 0.927. The van der Waals surface area contributed by atoms with Gasteiger partial charge in [-0.1, -0.05) is 6.08 Å². The molecule has 0 aliphatic heterocycles. The van der Waals surface area contributed by atoms with Crippen molar-refractivity contribution in [3.8, 4) is 5.88 Å². The summed E-state index contributed by atoms with van der Waals surface area (Å²) in [6.07, 6.45) is 3.27. The van der Waals surface area contributed by atoms with Crippen LogP contribution in [0.25, 0.3) is 0 Å². The Morgan fingerprint density at radius 1 is 1.57 bits per heavy atom. The number of ether oxygens (including phenoxy) is 1. The van der Waals surface area contributed by atoms with Gasteiger partial charge in [-0.15, -0.1) is 6.58 Å². The fourth-order valence-corrected chi connectivity index (χ4v) is 1.06. The van der Waals surface area contributed by atoms with Crippen molar-refractivity contribution in [3.63, 3.8) is 0 Å². The van der Waals surface area contributed by atoms with Crippen LogP contribution in [0.4, 0.5) is 5.82 Å². The lowest BCUT2D eigenvalue weighted by atomic mass is 10.3. The summed E-state index contributed by atoms with van der Waals surface area (Å²) in [4.78, 5) is 8.15. The Hall–Kier alpha value is -1.58. The molecule has 1 N–H and O–H groups in total. The molecule has 76 valence electrons. The highest BCUT2D eigenvalue weighted by Crippen LogP contribution is 2.19. The van der Waals surface area contributed by atoms with Crippen molar-refractivity contribution in [1.82, 2.24) is 9.97 Å². The molecular weight excluding hydrogens is 178 g/mol. The third kappa shape index (κ3) is 2.45. The minimum Gasteiger partial charge on any atom is -0.478 e. The Labute approximate surface area is 84.0 Å². The van der Waals surface area contributed by atoms with E-state index in [4.69, 9.17) is 4.74 Å². The van der Waals surface area contributed by atoms with E-state index in [1.54, 1.807) is 6.08 Å². The first-order valence-electron chi connectivity index (χ1n) is 4.58. The van der Waals surface area contributed by atoms with Crippen LogP contribution in [0.15, 0.2) is 19.0 Å². The van der Waals surface area contributed by atoms with Gasteiger partial charge in [0.1, 0.15) is 12.1 Å². The quantitative estimate of drug-likeness (QED) is 0.724. The van der Waals surface area contributed by atoms with E-state index in [2.05, 4.69) is 21.9 Å². The predicted octanol–water partition coefficient (Wildman–Crippen LogP) is 1.78. The maximum atomic E-state index is 5.34.